The number of nitrogens with zero attached hydrogens (tertiary/aromatic N) is 2. The van der Waals surface area contributed by atoms with Gasteiger partial charge < -0.3 is 9.72 Å². The van der Waals surface area contributed by atoms with Crippen LogP contribution in [0.15, 0.2) is 47.5 Å². The number of rotatable bonds is 3. The largest absolute Gasteiger partial charge is 0.494 e. The summed E-state index contributed by atoms with van der Waals surface area (Å²) in [6.07, 6.45) is 4.35. The van der Waals surface area contributed by atoms with Crippen molar-refractivity contribution >= 4 is 39.4 Å². The lowest BCUT2D eigenvalue weighted by atomic mass is 9.87. The van der Waals surface area contributed by atoms with E-state index in [-0.39, 0.29) is 5.91 Å². The van der Waals surface area contributed by atoms with Crippen LogP contribution in [0.25, 0.3) is 10.9 Å². The summed E-state index contributed by atoms with van der Waals surface area (Å²) in [6.45, 7) is 2.99. The minimum Gasteiger partial charge on any atom is -0.494 e. The van der Waals surface area contributed by atoms with Crippen molar-refractivity contribution in [1.29, 1.82) is 0 Å². The highest BCUT2D eigenvalue weighted by atomic mass is 32.2. The molecule has 1 aromatic heterocycles. The van der Waals surface area contributed by atoms with Gasteiger partial charge in [-0.25, -0.2) is 4.99 Å². The standard InChI is InChI=1S/C25H27N3O2S/c1-16-8-10-20-18(14-16)19-15-17(9-11-21(19)26-20)24(29)28-12-5-13-31-25(28)27-22-6-3-4-7-23(22)30-2/h3-4,6-7,9,11,15-16,26H,5,8,10,12-14H2,1-2H3. The van der Waals surface area contributed by atoms with Crippen molar-refractivity contribution in [3.63, 3.8) is 0 Å². The predicted octanol–water partition coefficient (Wildman–Crippen LogP) is 5.57. The average molecular weight is 434 g/mol. The van der Waals surface area contributed by atoms with Gasteiger partial charge in [0.25, 0.3) is 5.91 Å². The first-order valence-corrected chi connectivity index (χ1v) is 11.9. The molecule has 31 heavy (non-hydrogen) atoms. The van der Waals surface area contributed by atoms with Crippen molar-refractivity contribution in [3.05, 3.63) is 59.3 Å². The number of aliphatic imine (C=N–C) groups is 1. The Bertz CT molecular complexity index is 1170. The molecule has 2 aromatic carbocycles. The van der Waals surface area contributed by atoms with E-state index >= 15 is 0 Å². The van der Waals surface area contributed by atoms with Gasteiger partial charge in [-0.3, -0.25) is 9.69 Å². The first-order valence-electron chi connectivity index (χ1n) is 10.9. The normalized spacial score (nSPS) is 20.1. The molecule has 160 valence electrons. The Morgan fingerprint density at radius 2 is 2.13 bits per heavy atom. The number of methoxy groups -OCH3 is 1. The van der Waals surface area contributed by atoms with Crippen molar-refractivity contribution in [1.82, 2.24) is 9.88 Å². The summed E-state index contributed by atoms with van der Waals surface area (Å²) in [7, 11) is 1.64. The number of fused-ring (bicyclic) bond motifs is 3. The summed E-state index contributed by atoms with van der Waals surface area (Å²) < 4.78 is 5.44. The number of aryl methyl sites for hydroxylation is 1. The van der Waals surface area contributed by atoms with Crippen LogP contribution in [0.1, 0.15) is 41.4 Å². The third-order valence-electron chi connectivity index (χ3n) is 6.22. The molecule has 6 heteroatoms. The molecule has 0 spiro atoms. The van der Waals surface area contributed by atoms with Gasteiger partial charge in [-0.1, -0.05) is 30.8 Å². The Labute approximate surface area is 186 Å². The molecule has 1 unspecified atom stereocenters. The summed E-state index contributed by atoms with van der Waals surface area (Å²) in [6, 6.07) is 13.7. The lowest BCUT2D eigenvalue weighted by Crippen LogP contribution is -2.39. The number of hydrogen-bond acceptors (Lipinski definition) is 4. The Kier molecular flexibility index (Phi) is 5.48. The predicted molar refractivity (Wildman–Crippen MR) is 128 cm³/mol. The van der Waals surface area contributed by atoms with Gasteiger partial charge in [-0.2, -0.15) is 0 Å². The fourth-order valence-electron chi connectivity index (χ4n) is 4.55. The van der Waals surface area contributed by atoms with E-state index in [1.807, 2.05) is 35.2 Å². The number of para-hydroxylation sites is 2. The number of benzene rings is 2. The maximum Gasteiger partial charge on any atom is 0.259 e. The zero-order chi connectivity index (χ0) is 21.4. The van der Waals surface area contributed by atoms with Crippen molar-refractivity contribution < 1.29 is 9.53 Å². The maximum absolute atomic E-state index is 13.5. The number of carbonyl (C=O) groups is 1. The van der Waals surface area contributed by atoms with Crippen LogP contribution in [0.3, 0.4) is 0 Å². The monoisotopic (exact) mass is 433 g/mol. The summed E-state index contributed by atoms with van der Waals surface area (Å²) in [5, 5.41) is 1.94. The fraction of sp³-hybridized carbons (Fsp3) is 0.360. The van der Waals surface area contributed by atoms with Gasteiger partial charge in [-0.05, 0) is 67.5 Å². The van der Waals surface area contributed by atoms with Crippen LogP contribution in [0, 0.1) is 5.92 Å². The first kappa shape index (κ1) is 20.2. The van der Waals surface area contributed by atoms with Gasteiger partial charge in [-0.15, -0.1) is 0 Å². The molecule has 1 saturated heterocycles. The van der Waals surface area contributed by atoms with E-state index in [0.29, 0.717) is 18.2 Å². The molecule has 1 amide bonds. The van der Waals surface area contributed by atoms with Crippen LogP contribution in [0.5, 0.6) is 5.75 Å². The second kappa shape index (κ2) is 8.42. The topological polar surface area (TPSA) is 57.7 Å². The van der Waals surface area contributed by atoms with Crippen molar-refractivity contribution in [2.45, 2.75) is 32.6 Å². The number of amidine groups is 1. The van der Waals surface area contributed by atoms with Crippen LogP contribution in [0.2, 0.25) is 0 Å². The molecule has 5 rings (SSSR count). The van der Waals surface area contributed by atoms with E-state index in [1.54, 1.807) is 18.9 Å². The SMILES string of the molecule is COc1ccccc1N=C1SCCCN1C(=O)c1ccc2[nH]c3c(c2c1)CC(C)CC3. The molecule has 0 radical (unpaired) electrons. The summed E-state index contributed by atoms with van der Waals surface area (Å²) in [5.41, 5.74) is 5.33. The van der Waals surface area contributed by atoms with E-state index in [0.717, 1.165) is 47.0 Å². The number of nitrogens with one attached hydrogen (secondary N) is 1. The number of thioether (sulfide) groups is 1. The maximum atomic E-state index is 13.5. The molecule has 1 aliphatic heterocycles. The number of aromatic nitrogens is 1. The molecule has 2 heterocycles. The molecule has 1 atom stereocenters. The van der Waals surface area contributed by atoms with E-state index in [2.05, 4.69) is 24.0 Å². The highest BCUT2D eigenvalue weighted by Gasteiger charge is 2.26. The number of amides is 1. The molecular formula is C25H27N3O2S. The smallest absolute Gasteiger partial charge is 0.259 e. The lowest BCUT2D eigenvalue weighted by Gasteiger charge is -2.28. The minimum absolute atomic E-state index is 0.0153. The van der Waals surface area contributed by atoms with Gasteiger partial charge in [0.05, 0.1) is 7.11 Å². The van der Waals surface area contributed by atoms with Crippen LogP contribution >= 0.6 is 11.8 Å². The first-order chi connectivity index (χ1) is 15.1. The van der Waals surface area contributed by atoms with Gasteiger partial charge in [0.2, 0.25) is 0 Å². The second-order valence-corrected chi connectivity index (χ2v) is 9.48. The molecule has 0 saturated carbocycles. The number of carbonyl (C=O) groups excluding carboxylic acids is 1. The van der Waals surface area contributed by atoms with Crippen molar-refractivity contribution in [2.75, 3.05) is 19.4 Å². The number of ether oxygens (including phenoxy) is 1. The quantitative estimate of drug-likeness (QED) is 0.588. The second-order valence-electron chi connectivity index (χ2n) is 8.42. The zero-order valence-electron chi connectivity index (χ0n) is 18.0. The molecule has 1 aliphatic carbocycles. The molecule has 1 fully saturated rings. The lowest BCUT2D eigenvalue weighted by molar-refractivity contribution is 0.0849. The van der Waals surface area contributed by atoms with E-state index in [4.69, 9.17) is 9.73 Å². The van der Waals surface area contributed by atoms with Crippen LogP contribution in [0.4, 0.5) is 5.69 Å². The van der Waals surface area contributed by atoms with E-state index in [1.165, 1.54) is 23.1 Å². The number of H-pyrrole nitrogens is 1. The summed E-state index contributed by atoms with van der Waals surface area (Å²) >= 11 is 1.63. The fourth-order valence-corrected chi connectivity index (χ4v) is 5.50. The van der Waals surface area contributed by atoms with Gasteiger partial charge >= 0.3 is 0 Å². The molecule has 3 aromatic rings. The van der Waals surface area contributed by atoms with Crippen molar-refractivity contribution in [2.24, 2.45) is 10.9 Å². The highest BCUT2D eigenvalue weighted by molar-refractivity contribution is 8.13. The molecule has 0 bridgehead atoms. The summed E-state index contributed by atoms with van der Waals surface area (Å²) in [5.74, 6) is 2.37. The van der Waals surface area contributed by atoms with Gasteiger partial charge in [0.15, 0.2) is 5.17 Å². The zero-order valence-corrected chi connectivity index (χ0v) is 18.8. The average Bonchev–Trinajstić information content (AvgIpc) is 3.16. The van der Waals surface area contributed by atoms with Gasteiger partial charge in [0, 0.05) is 34.5 Å². The van der Waals surface area contributed by atoms with Crippen LogP contribution < -0.4 is 4.74 Å². The number of aromatic amines is 1. The third-order valence-corrected chi connectivity index (χ3v) is 7.28. The Morgan fingerprint density at radius 1 is 1.26 bits per heavy atom. The third kappa shape index (κ3) is 3.85. The Hall–Kier alpha value is -2.73. The molecule has 1 N–H and O–H groups in total. The van der Waals surface area contributed by atoms with Gasteiger partial charge in [0.1, 0.15) is 11.4 Å². The number of hydrogen-bond donors (Lipinski definition) is 1. The van der Waals surface area contributed by atoms with Crippen LogP contribution in [-0.2, 0) is 12.8 Å². The minimum atomic E-state index is 0.0153. The van der Waals surface area contributed by atoms with Crippen molar-refractivity contribution in [3.8, 4) is 5.75 Å². The van der Waals surface area contributed by atoms with E-state index in [9.17, 15) is 4.79 Å². The molecule has 5 nitrogen and oxygen atoms in total. The molecular weight excluding hydrogens is 406 g/mol. The Balaban J connectivity index is 1.50. The van der Waals surface area contributed by atoms with Crippen LogP contribution in [-0.4, -0.2) is 40.4 Å². The Morgan fingerprint density at radius 3 is 3.00 bits per heavy atom. The van der Waals surface area contributed by atoms with E-state index < -0.39 is 0 Å². The molecule has 2 aliphatic rings. The summed E-state index contributed by atoms with van der Waals surface area (Å²) in [4.78, 5) is 23.7. The highest BCUT2D eigenvalue weighted by Crippen LogP contribution is 2.33.